The summed E-state index contributed by atoms with van der Waals surface area (Å²) in [5.41, 5.74) is 5.34. The molecule has 0 aliphatic heterocycles. The molecule has 8 heavy (non-hydrogen) atoms. The van der Waals surface area contributed by atoms with Gasteiger partial charge in [0.25, 0.3) is 0 Å². The maximum absolute atomic E-state index is 5.34. The summed E-state index contributed by atoms with van der Waals surface area (Å²) >= 11 is 5.50. The van der Waals surface area contributed by atoms with Gasteiger partial charge in [0.2, 0.25) is 0 Å². The number of nitrogens with two attached hydrogens (primary N) is 1. The molecule has 0 unspecified atom stereocenters. The van der Waals surface area contributed by atoms with Crippen LogP contribution in [-0.4, -0.2) is 4.98 Å². The number of hydrogen-bond donors (Lipinski definition) is 2. The van der Waals surface area contributed by atoms with E-state index in [1.165, 1.54) is 11.3 Å². The minimum atomic E-state index is 0.590. The van der Waals surface area contributed by atoms with E-state index in [1.807, 2.05) is 6.92 Å². The summed E-state index contributed by atoms with van der Waals surface area (Å²) < 4.78 is 0. The molecule has 0 bridgehead atoms. The molecule has 0 fully saturated rings. The second-order valence-electron chi connectivity index (χ2n) is 1.43. The molecule has 44 valence electrons. The summed E-state index contributed by atoms with van der Waals surface area (Å²) in [6, 6.07) is 0. The third kappa shape index (κ3) is 0.952. The van der Waals surface area contributed by atoms with Gasteiger partial charge in [0.05, 0.1) is 0 Å². The standard InChI is InChI=1S/C4H6N2S2/c1-2-3(7)6-4(5)8-2/h7H,1H3,(H2,5,6). The zero-order valence-electron chi connectivity index (χ0n) is 4.38. The first kappa shape index (κ1) is 5.91. The predicted molar refractivity (Wildman–Crippen MR) is 38.5 cm³/mol. The van der Waals surface area contributed by atoms with Gasteiger partial charge < -0.3 is 5.73 Å². The Balaban J connectivity index is 3.14. The van der Waals surface area contributed by atoms with E-state index in [1.54, 1.807) is 0 Å². The average molecular weight is 146 g/mol. The number of rotatable bonds is 0. The zero-order chi connectivity index (χ0) is 6.15. The van der Waals surface area contributed by atoms with E-state index in [0.29, 0.717) is 5.13 Å². The van der Waals surface area contributed by atoms with Gasteiger partial charge in [-0.15, -0.1) is 24.0 Å². The SMILES string of the molecule is Cc1sc(N)nc1S. The Kier molecular flexibility index (Phi) is 1.44. The minimum absolute atomic E-state index is 0.590. The smallest absolute Gasteiger partial charge is 0.181 e. The lowest BCUT2D eigenvalue weighted by atomic mass is 10.6. The van der Waals surface area contributed by atoms with Crippen LogP contribution in [0.5, 0.6) is 0 Å². The van der Waals surface area contributed by atoms with Crippen LogP contribution >= 0.6 is 24.0 Å². The lowest BCUT2D eigenvalue weighted by Crippen LogP contribution is -1.78. The van der Waals surface area contributed by atoms with E-state index in [9.17, 15) is 0 Å². The molecule has 1 aromatic heterocycles. The van der Waals surface area contributed by atoms with E-state index in [-0.39, 0.29) is 0 Å². The Bertz CT molecular complexity index is 174. The highest BCUT2D eigenvalue weighted by Gasteiger charge is 1.97. The minimum Gasteiger partial charge on any atom is -0.375 e. The highest BCUT2D eigenvalue weighted by Crippen LogP contribution is 2.20. The van der Waals surface area contributed by atoms with Crippen molar-refractivity contribution in [2.75, 3.05) is 5.73 Å². The van der Waals surface area contributed by atoms with Crippen LogP contribution in [0.2, 0.25) is 0 Å². The molecule has 1 aromatic rings. The number of hydrogen-bond acceptors (Lipinski definition) is 4. The maximum atomic E-state index is 5.34. The van der Waals surface area contributed by atoms with Crippen LogP contribution in [0.25, 0.3) is 0 Å². The molecule has 2 nitrogen and oxygen atoms in total. The monoisotopic (exact) mass is 146 g/mol. The predicted octanol–water partition coefficient (Wildman–Crippen LogP) is 1.32. The van der Waals surface area contributed by atoms with E-state index in [4.69, 9.17) is 5.73 Å². The molecule has 0 radical (unpaired) electrons. The first-order valence-corrected chi connectivity index (χ1v) is 3.38. The molecular formula is C4H6N2S2. The van der Waals surface area contributed by atoms with Gasteiger partial charge in [0.15, 0.2) is 5.13 Å². The molecule has 2 N–H and O–H groups in total. The first-order valence-electron chi connectivity index (χ1n) is 2.12. The van der Waals surface area contributed by atoms with Crippen LogP contribution in [-0.2, 0) is 0 Å². The van der Waals surface area contributed by atoms with Crippen LogP contribution < -0.4 is 5.73 Å². The Morgan fingerprint density at radius 2 is 2.38 bits per heavy atom. The lowest BCUT2D eigenvalue weighted by Gasteiger charge is -1.76. The van der Waals surface area contributed by atoms with Crippen molar-refractivity contribution in [3.05, 3.63) is 4.88 Å². The van der Waals surface area contributed by atoms with Crippen molar-refractivity contribution >= 4 is 29.1 Å². The van der Waals surface area contributed by atoms with Crippen LogP contribution in [0.3, 0.4) is 0 Å². The number of thiazole rings is 1. The van der Waals surface area contributed by atoms with Gasteiger partial charge in [-0.25, -0.2) is 4.98 Å². The fraction of sp³-hybridized carbons (Fsp3) is 0.250. The molecule has 1 heterocycles. The average Bonchev–Trinajstić information content (AvgIpc) is 1.85. The Morgan fingerprint density at radius 1 is 1.75 bits per heavy atom. The summed E-state index contributed by atoms with van der Waals surface area (Å²) in [6.07, 6.45) is 0. The molecule has 0 aliphatic rings. The highest BCUT2D eigenvalue weighted by molar-refractivity contribution is 7.80. The molecule has 0 atom stereocenters. The Morgan fingerprint density at radius 3 is 2.50 bits per heavy atom. The van der Waals surface area contributed by atoms with E-state index >= 15 is 0 Å². The van der Waals surface area contributed by atoms with Gasteiger partial charge in [-0.05, 0) is 6.92 Å². The van der Waals surface area contributed by atoms with Gasteiger partial charge >= 0.3 is 0 Å². The van der Waals surface area contributed by atoms with E-state index in [2.05, 4.69) is 17.6 Å². The van der Waals surface area contributed by atoms with Crippen LogP contribution in [0.4, 0.5) is 5.13 Å². The van der Waals surface area contributed by atoms with Gasteiger partial charge in [-0.2, -0.15) is 0 Å². The van der Waals surface area contributed by atoms with Crippen molar-refractivity contribution in [2.45, 2.75) is 11.9 Å². The van der Waals surface area contributed by atoms with E-state index in [0.717, 1.165) is 9.90 Å². The van der Waals surface area contributed by atoms with Gasteiger partial charge in [-0.1, -0.05) is 0 Å². The normalized spacial score (nSPS) is 9.75. The summed E-state index contributed by atoms with van der Waals surface area (Å²) in [7, 11) is 0. The van der Waals surface area contributed by atoms with Crippen molar-refractivity contribution < 1.29 is 0 Å². The van der Waals surface area contributed by atoms with E-state index < -0.39 is 0 Å². The third-order valence-electron chi connectivity index (χ3n) is 0.789. The number of anilines is 1. The highest BCUT2D eigenvalue weighted by atomic mass is 32.1. The number of aromatic nitrogens is 1. The summed E-state index contributed by atoms with van der Waals surface area (Å²) in [6.45, 7) is 1.94. The molecule has 0 aliphatic carbocycles. The second-order valence-corrected chi connectivity index (χ2v) is 3.09. The third-order valence-corrected chi connectivity index (χ3v) is 2.18. The molecule has 4 heteroatoms. The topological polar surface area (TPSA) is 38.9 Å². The maximum Gasteiger partial charge on any atom is 0.181 e. The van der Waals surface area contributed by atoms with Gasteiger partial charge in [-0.3, -0.25) is 0 Å². The van der Waals surface area contributed by atoms with Crippen LogP contribution in [0, 0.1) is 6.92 Å². The number of aryl methyl sites for hydroxylation is 1. The molecule has 0 saturated heterocycles. The molecular weight excluding hydrogens is 140 g/mol. The van der Waals surface area contributed by atoms with Crippen molar-refractivity contribution in [3.63, 3.8) is 0 Å². The number of nitrogens with zero attached hydrogens (tertiary/aromatic N) is 1. The quantitative estimate of drug-likeness (QED) is 0.542. The molecule has 0 spiro atoms. The van der Waals surface area contributed by atoms with Crippen LogP contribution in [0.15, 0.2) is 5.03 Å². The first-order chi connectivity index (χ1) is 3.70. The summed E-state index contributed by atoms with van der Waals surface area (Å²) in [5.74, 6) is 0. The fourth-order valence-electron chi connectivity index (χ4n) is 0.408. The van der Waals surface area contributed by atoms with Crippen LogP contribution in [0.1, 0.15) is 4.88 Å². The van der Waals surface area contributed by atoms with Gasteiger partial charge in [0.1, 0.15) is 5.03 Å². The lowest BCUT2D eigenvalue weighted by molar-refractivity contribution is 1.18. The molecule has 1 rings (SSSR count). The van der Waals surface area contributed by atoms with Gasteiger partial charge in [0, 0.05) is 4.88 Å². The zero-order valence-corrected chi connectivity index (χ0v) is 6.09. The van der Waals surface area contributed by atoms with Crippen molar-refractivity contribution in [1.82, 2.24) is 4.98 Å². The Hall–Kier alpha value is -0.220. The largest absolute Gasteiger partial charge is 0.375 e. The summed E-state index contributed by atoms with van der Waals surface area (Å²) in [5, 5.41) is 1.33. The Labute approximate surface area is 57.2 Å². The second kappa shape index (κ2) is 1.95. The number of nitrogen functional groups attached to an aromatic ring is 1. The molecule has 0 amide bonds. The van der Waals surface area contributed by atoms with Crippen molar-refractivity contribution in [2.24, 2.45) is 0 Å². The fourth-order valence-corrected chi connectivity index (χ4v) is 1.31. The van der Waals surface area contributed by atoms with Crippen molar-refractivity contribution in [1.29, 1.82) is 0 Å². The van der Waals surface area contributed by atoms with Crippen molar-refractivity contribution in [3.8, 4) is 0 Å². The number of thiol groups is 1. The summed E-state index contributed by atoms with van der Waals surface area (Å²) in [4.78, 5) is 4.95. The molecule has 0 aromatic carbocycles. The molecule has 0 saturated carbocycles.